The van der Waals surface area contributed by atoms with Gasteiger partial charge in [-0.15, -0.1) is 11.6 Å². The van der Waals surface area contributed by atoms with Gasteiger partial charge in [-0.05, 0) is 36.6 Å². The van der Waals surface area contributed by atoms with E-state index in [4.69, 9.17) is 11.6 Å². The lowest BCUT2D eigenvalue weighted by molar-refractivity contribution is 0.243. The summed E-state index contributed by atoms with van der Waals surface area (Å²) in [6.07, 6.45) is 3.16. The fourth-order valence-corrected chi connectivity index (χ4v) is 3.54. The molecule has 2 unspecified atom stereocenters. The summed E-state index contributed by atoms with van der Waals surface area (Å²) in [6.45, 7) is 4.43. The molecule has 100 valence electrons. The first-order valence-corrected chi connectivity index (χ1v) is 7.45. The van der Waals surface area contributed by atoms with Gasteiger partial charge in [0.15, 0.2) is 0 Å². The minimum atomic E-state index is 0.508. The van der Waals surface area contributed by atoms with Crippen molar-refractivity contribution in [3.05, 3.63) is 42.1 Å². The third kappa shape index (κ3) is 2.47. The number of likely N-dealkylation sites (tertiary alicyclic amines) is 1. The maximum absolute atomic E-state index is 6.13. The molecule has 2 heterocycles. The van der Waals surface area contributed by atoms with Crippen LogP contribution < -0.4 is 0 Å². The summed E-state index contributed by atoms with van der Waals surface area (Å²) < 4.78 is 0. The van der Waals surface area contributed by atoms with Gasteiger partial charge in [-0.2, -0.15) is 0 Å². The lowest BCUT2D eigenvalue weighted by Gasteiger charge is -2.25. The number of pyridine rings is 1. The Hall–Kier alpha value is -1.12. The molecule has 3 heteroatoms. The highest BCUT2D eigenvalue weighted by molar-refractivity contribution is 6.18. The third-order valence-electron chi connectivity index (χ3n) is 4.27. The van der Waals surface area contributed by atoms with E-state index in [2.05, 4.69) is 41.1 Å². The summed E-state index contributed by atoms with van der Waals surface area (Å²) in [7, 11) is 0. The second-order valence-corrected chi connectivity index (χ2v) is 5.75. The highest BCUT2D eigenvalue weighted by Gasteiger charge is 2.30. The molecule has 0 radical (unpaired) electrons. The van der Waals surface area contributed by atoms with Gasteiger partial charge in [0.2, 0.25) is 0 Å². The predicted octanol–water partition coefficient (Wildman–Crippen LogP) is 3.68. The fraction of sp³-hybridized carbons (Fsp3) is 0.438. The van der Waals surface area contributed by atoms with Crippen LogP contribution >= 0.6 is 11.6 Å². The maximum Gasteiger partial charge on any atom is 0.0705 e. The van der Waals surface area contributed by atoms with Gasteiger partial charge in [0.1, 0.15) is 0 Å². The van der Waals surface area contributed by atoms with Crippen molar-refractivity contribution >= 4 is 22.5 Å². The van der Waals surface area contributed by atoms with Gasteiger partial charge in [0, 0.05) is 30.0 Å². The lowest BCUT2D eigenvalue weighted by Crippen LogP contribution is -2.33. The molecule has 0 bridgehead atoms. The molecule has 2 nitrogen and oxygen atoms in total. The standard InChI is InChI=1S/C16H19ClN2/c1-12-7-9-19(16(12)10-17)11-13-6-8-18-15-5-3-2-4-14(13)15/h2-6,8,12,16H,7,9-11H2,1H3. The molecule has 0 aliphatic carbocycles. The van der Waals surface area contributed by atoms with Crippen molar-refractivity contribution < 1.29 is 0 Å². The van der Waals surface area contributed by atoms with E-state index in [-0.39, 0.29) is 0 Å². The summed E-state index contributed by atoms with van der Waals surface area (Å²) >= 11 is 6.13. The number of hydrogen-bond donors (Lipinski definition) is 0. The van der Waals surface area contributed by atoms with E-state index < -0.39 is 0 Å². The Morgan fingerprint density at radius 1 is 1.32 bits per heavy atom. The van der Waals surface area contributed by atoms with E-state index in [1.165, 1.54) is 17.4 Å². The zero-order valence-electron chi connectivity index (χ0n) is 11.2. The van der Waals surface area contributed by atoms with Gasteiger partial charge >= 0.3 is 0 Å². The molecule has 1 aliphatic rings. The molecule has 0 N–H and O–H groups in total. The second-order valence-electron chi connectivity index (χ2n) is 5.45. The van der Waals surface area contributed by atoms with Crippen molar-refractivity contribution in [3.8, 4) is 0 Å². The second kappa shape index (κ2) is 5.48. The summed E-state index contributed by atoms with van der Waals surface area (Å²) in [4.78, 5) is 6.94. The molecule has 0 amide bonds. The lowest BCUT2D eigenvalue weighted by atomic mass is 10.0. The zero-order chi connectivity index (χ0) is 13.2. The Balaban J connectivity index is 1.89. The quantitative estimate of drug-likeness (QED) is 0.794. The first kappa shape index (κ1) is 12.9. The number of nitrogens with zero attached hydrogens (tertiary/aromatic N) is 2. The van der Waals surface area contributed by atoms with E-state index in [0.717, 1.165) is 24.5 Å². The van der Waals surface area contributed by atoms with Crippen LogP contribution in [0.3, 0.4) is 0 Å². The minimum absolute atomic E-state index is 0.508. The summed E-state index contributed by atoms with van der Waals surface area (Å²) in [5.41, 5.74) is 2.43. The molecule has 3 rings (SSSR count). The van der Waals surface area contributed by atoms with E-state index in [0.29, 0.717) is 12.0 Å². The van der Waals surface area contributed by atoms with Crippen LogP contribution in [0.4, 0.5) is 0 Å². The molecule has 1 aromatic heterocycles. The van der Waals surface area contributed by atoms with E-state index in [1.807, 2.05) is 12.3 Å². The average Bonchev–Trinajstić information content (AvgIpc) is 2.79. The van der Waals surface area contributed by atoms with Gasteiger partial charge in [-0.3, -0.25) is 9.88 Å². The Morgan fingerprint density at radius 3 is 3.00 bits per heavy atom. The predicted molar refractivity (Wildman–Crippen MR) is 80.4 cm³/mol. The molecule has 0 spiro atoms. The van der Waals surface area contributed by atoms with Crippen molar-refractivity contribution in [3.63, 3.8) is 0 Å². The molecular weight excluding hydrogens is 256 g/mol. The van der Waals surface area contributed by atoms with Crippen LogP contribution in [0.2, 0.25) is 0 Å². The molecular formula is C16H19ClN2. The Labute approximate surface area is 119 Å². The van der Waals surface area contributed by atoms with Crippen LogP contribution in [-0.4, -0.2) is 28.4 Å². The van der Waals surface area contributed by atoms with Crippen LogP contribution in [0, 0.1) is 5.92 Å². The van der Waals surface area contributed by atoms with Crippen molar-refractivity contribution in [1.82, 2.24) is 9.88 Å². The van der Waals surface area contributed by atoms with E-state index in [1.54, 1.807) is 0 Å². The molecule has 1 aromatic carbocycles. The Bertz CT molecular complexity index is 564. The minimum Gasteiger partial charge on any atom is -0.295 e. The zero-order valence-corrected chi connectivity index (χ0v) is 12.0. The maximum atomic E-state index is 6.13. The molecule has 1 aliphatic heterocycles. The van der Waals surface area contributed by atoms with Gasteiger partial charge in [0.05, 0.1) is 5.52 Å². The monoisotopic (exact) mass is 274 g/mol. The number of halogens is 1. The molecule has 1 saturated heterocycles. The van der Waals surface area contributed by atoms with E-state index in [9.17, 15) is 0 Å². The number of hydrogen-bond acceptors (Lipinski definition) is 2. The van der Waals surface area contributed by atoms with Crippen LogP contribution in [0.1, 0.15) is 18.9 Å². The number of benzene rings is 1. The molecule has 2 atom stereocenters. The van der Waals surface area contributed by atoms with E-state index >= 15 is 0 Å². The largest absolute Gasteiger partial charge is 0.295 e. The topological polar surface area (TPSA) is 16.1 Å². The first-order valence-electron chi connectivity index (χ1n) is 6.92. The van der Waals surface area contributed by atoms with Crippen LogP contribution in [0.5, 0.6) is 0 Å². The molecule has 0 saturated carbocycles. The van der Waals surface area contributed by atoms with Gasteiger partial charge in [0.25, 0.3) is 0 Å². The average molecular weight is 275 g/mol. The molecule has 2 aromatic rings. The fourth-order valence-electron chi connectivity index (χ4n) is 3.05. The van der Waals surface area contributed by atoms with Gasteiger partial charge in [-0.25, -0.2) is 0 Å². The first-order chi connectivity index (χ1) is 9.29. The van der Waals surface area contributed by atoms with Gasteiger partial charge in [-0.1, -0.05) is 25.1 Å². The third-order valence-corrected chi connectivity index (χ3v) is 4.58. The highest BCUT2D eigenvalue weighted by Crippen LogP contribution is 2.28. The summed E-state index contributed by atoms with van der Waals surface area (Å²) in [5, 5.41) is 1.26. The molecule has 19 heavy (non-hydrogen) atoms. The normalized spacial score (nSPS) is 24.1. The Morgan fingerprint density at radius 2 is 2.16 bits per heavy atom. The van der Waals surface area contributed by atoms with Crippen molar-refractivity contribution in [2.45, 2.75) is 25.9 Å². The van der Waals surface area contributed by atoms with Crippen LogP contribution in [-0.2, 0) is 6.54 Å². The number of rotatable bonds is 3. The SMILES string of the molecule is CC1CCN(Cc2ccnc3ccccc23)C1CCl. The molecule has 1 fully saturated rings. The van der Waals surface area contributed by atoms with Crippen molar-refractivity contribution in [1.29, 1.82) is 0 Å². The number of para-hydroxylation sites is 1. The number of fused-ring (bicyclic) bond motifs is 1. The highest BCUT2D eigenvalue weighted by atomic mass is 35.5. The smallest absolute Gasteiger partial charge is 0.0705 e. The summed E-state index contributed by atoms with van der Waals surface area (Å²) in [6, 6.07) is 11.0. The number of aromatic nitrogens is 1. The van der Waals surface area contributed by atoms with Crippen LogP contribution in [0.25, 0.3) is 10.9 Å². The number of alkyl halides is 1. The Kier molecular flexibility index (Phi) is 3.72. The van der Waals surface area contributed by atoms with Gasteiger partial charge < -0.3 is 0 Å². The van der Waals surface area contributed by atoms with Crippen molar-refractivity contribution in [2.24, 2.45) is 5.92 Å². The van der Waals surface area contributed by atoms with Crippen molar-refractivity contribution in [2.75, 3.05) is 12.4 Å². The van der Waals surface area contributed by atoms with Crippen LogP contribution in [0.15, 0.2) is 36.5 Å². The summed E-state index contributed by atoms with van der Waals surface area (Å²) in [5.74, 6) is 1.43.